The average molecular weight is 353 g/mol. The number of carbonyl (C=O) groups excluding carboxylic acids is 1. The average Bonchev–Trinajstić information content (AvgIpc) is 2.59. The van der Waals surface area contributed by atoms with Gasteiger partial charge in [0, 0.05) is 11.1 Å². The molecular formula is C17H15N5O2S. The number of aryl methyl sites for hydroxylation is 1. The number of amides is 2. The second kappa shape index (κ2) is 7.18. The van der Waals surface area contributed by atoms with Crippen molar-refractivity contribution in [2.45, 2.75) is 16.8 Å². The highest BCUT2D eigenvalue weighted by Gasteiger charge is 2.12. The van der Waals surface area contributed by atoms with Crippen molar-refractivity contribution in [2.24, 2.45) is 10.8 Å². The molecule has 1 aromatic carbocycles. The summed E-state index contributed by atoms with van der Waals surface area (Å²) in [6.45, 7) is 2.00. The summed E-state index contributed by atoms with van der Waals surface area (Å²) in [6.07, 6.45) is 2.89. The van der Waals surface area contributed by atoms with E-state index in [0.29, 0.717) is 10.7 Å². The zero-order valence-corrected chi connectivity index (χ0v) is 14.2. The Hall–Kier alpha value is -3.13. The van der Waals surface area contributed by atoms with Gasteiger partial charge in [0.2, 0.25) is 0 Å². The van der Waals surface area contributed by atoms with Crippen LogP contribution in [-0.2, 0) is 0 Å². The third-order valence-corrected chi connectivity index (χ3v) is 4.35. The lowest BCUT2D eigenvalue weighted by atomic mass is 10.2. The van der Waals surface area contributed by atoms with Gasteiger partial charge in [-0.15, -0.1) is 0 Å². The van der Waals surface area contributed by atoms with Crippen molar-refractivity contribution in [1.82, 2.24) is 14.8 Å². The van der Waals surface area contributed by atoms with Crippen molar-refractivity contribution in [2.75, 3.05) is 0 Å². The van der Waals surface area contributed by atoms with Crippen LogP contribution in [0.3, 0.4) is 0 Å². The number of fused-ring (bicyclic) bond motifs is 1. The van der Waals surface area contributed by atoms with Crippen LogP contribution in [0.2, 0.25) is 0 Å². The number of hydrogen-bond donors (Lipinski definition) is 2. The van der Waals surface area contributed by atoms with Gasteiger partial charge in [-0.05, 0) is 31.2 Å². The number of aromatic nitrogens is 2. The number of hydrazone groups is 1. The van der Waals surface area contributed by atoms with E-state index in [9.17, 15) is 9.59 Å². The molecule has 0 radical (unpaired) electrons. The predicted molar refractivity (Wildman–Crippen MR) is 97.1 cm³/mol. The van der Waals surface area contributed by atoms with Gasteiger partial charge in [0.25, 0.3) is 5.56 Å². The topological polar surface area (TPSA) is 102 Å². The first-order valence-electron chi connectivity index (χ1n) is 7.39. The smallest absolute Gasteiger partial charge is 0.332 e. The molecule has 25 heavy (non-hydrogen) atoms. The summed E-state index contributed by atoms with van der Waals surface area (Å²) in [5.41, 5.74) is 8.74. The van der Waals surface area contributed by atoms with E-state index in [1.54, 1.807) is 18.3 Å². The fraction of sp³-hybridized carbons (Fsp3) is 0.0588. The molecule has 8 heteroatoms. The van der Waals surface area contributed by atoms with Crippen molar-refractivity contribution < 1.29 is 4.79 Å². The number of benzene rings is 1. The molecular weight excluding hydrogens is 338 g/mol. The largest absolute Gasteiger partial charge is 0.350 e. The summed E-state index contributed by atoms with van der Waals surface area (Å²) >= 11 is 1.35. The van der Waals surface area contributed by atoms with E-state index in [-0.39, 0.29) is 11.1 Å². The number of hydrogen-bond acceptors (Lipinski definition) is 5. The maximum atomic E-state index is 12.7. The highest BCUT2D eigenvalue weighted by molar-refractivity contribution is 7.99. The minimum Gasteiger partial charge on any atom is -0.350 e. The van der Waals surface area contributed by atoms with Crippen LogP contribution in [0.4, 0.5) is 4.79 Å². The summed E-state index contributed by atoms with van der Waals surface area (Å²) in [4.78, 5) is 29.0. The molecule has 0 aliphatic rings. The fourth-order valence-electron chi connectivity index (χ4n) is 2.15. The Balaban J connectivity index is 2.10. The predicted octanol–water partition coefficient (Wildman–Crippen LogP) is 2.16. The number of primary amides is 1. The lowest BCUT2D eigenvalue weighted by molar-refractivity contribution is 0.249. The van der Waals surface area contributed by atoms with Gasteiger partial charge in [0.15, 0.2) is 0 Å². The highest BCUT2D eigenvalue weighted by atomic mass is 32.2. The first-order valence-corrected chi connectivity index (χ1v) is 8.20. The van der Waals surface area contributed by atoms with Crippen molar-refractivity contribution in [3.8, 4) is 0 Å². The van der Waals surface area contributed by atoms with Crippen LogP contribution in [0.25, 0.3) is 5.65 Å². The van der Waals surface area contributed by atoms with Crippen molar-refractivity contribution in [3.63, 3.8) is 0 Å². The Kier molecular flexibility index (Phi) is 4.80. The molecule has 0 fully saturated rings. The summed E-state index contributed by atoms with van der Waals surface area (Å²) in [7, 11) is 0. The maximum Gasteiger partial charge on any atom is 0.332 e. The van der Waals surface area contributed by atoms with Gasteiger partial charge in [-0.25, -0.2) is 15.2 Å². The monoisotopic (exact) mass is 353 g/mol. The first kappa shape index (κ1) is 16.7. The van der Waals surface area contributed by atoms with E-state index in [2.05, 4.69) is 15.5 Å². The van der Waals surface area contributed by atoms with Crippen molar-refractivity contribution >= 4 is 29.7 Å². The lowest BCUT2D eigenvalue weighted by Crippen LogP contribution is -2.26. The molecule has 0 atom stereocenters. The molecule has 2 aromatic heterocycles. The number of urea groups is 1. The normalized spacial score (nSPS) is 11.1. The molecule has 0 aliphatic carbocycles. The van der Waals surface area contributed by atoms with Gasteiger partial charge in [0.1, 0.15) is 10.7 Å². The van der Waals surface area contributed by atoms with Gasteiger partial charge in [-0.1, -0.05) is 35.5 Å². The summed E-state index contributed by atoms with van der Waals surface area (Å²) < 4.78 is 1.42. The molecule has 0 bridgehead atoms. The van der Waals surface area contributed by atoms with E-state index in [4.69, 9.17) is 5.73 Å². The molecule has 2 heterocycles. The van der Waals surface area contributed by atoms with E-state index >= 15 is 0 Å². The Morgan fingerprint density at radius 1 is 1.28 bits per heavy atom. The van der Waals surface area contributed by atoms with E-state index in [0.717, 1.165) is 10.5 Å². The SMILES string of the molecule is Cc1ccc(Sc2nc3ccccn3c(=O)c2/C=N/NC(N)=O)cc1. The quantitative estimate of drug-likeness (QED) is 0.426. The Labute approximate surface area is 147 Å². The van der Waals surface area contributed by atoms with Crippen LogP contribution in [-0.4, -0.2) is 21.6 Å². The van der Waals surface area contributed by atoms with Crippen LogP contribution in [0, 0.1) is 6.92 Å². The molecule has 0 aliphatic heterocycles. The van der Waals surface area contributed by atoms with Gasteiger partial charge in [0.05, 0.1) is 11.8 Å². The third-order valence-electron chi connectivity index (χ3n) is 3.34. The van der Waals surface area contributed by atoms with E-state index < -0.39 is 6.03 Å². The zero-order chi connectivity index (χ0) is 17.8. The summed E-state index contributed by atoms with van der Waals surface area (Å²) in [5, 5.41) is 4.20. The number of nitrogens with two attached hydrogens (primary N) is 1. The number of carbonyl (C=O) groups is 1. The number of nitrogens with zero attached hydrogens (tertiary/aromatic N) is 3. The Morgan fingerprint density at radius 3 is 2.76 bits per heavy atom. The molecule has 3 aromatic rings. The minimum absolute atomic E-state index is 0.267. The van der Waals surface area contributed by atoms with E-state index in [1.165, 1.54) is 22.4 Å². The highest BCUT2D eigenvalue weighted by Crippen LogP contribution is 2.27. The maximum absolute atomic E-state index is 12.7. The molecule has 0 unspecified atom stereocenters. The Bertz CT molecular complexity index is 1010. The lowest BCUT2D eigenvalue weighted by Gasteiger charge is -2.08. The van der Waals surface area contributed by atoms with Gasteiger partial charge in [-0.2, -0.15) is 5.10 Å². The molecule has 0 saturated heterocycles. The summed E-state index contributed by atoms with van der Waals surface area (Å²) in [6, 6.07) is 12.4. The third kappa shape index (κ3) is 3.86. The van der Waals surface area contributed by atoms with Crippen LogP contribution in [0.5, 0.6) is 0 Å². The van der Waals surface area contributed by atoms with Crippen LogP contribution >= 0.6 is 11.8 Å². The minimum atomic E-state index is -0.808. The fourth-order valence-corrected chi connectivity index (χ4v) is 3.03. The van der Waals surface area contributed by atoms with E-state index in [1.807, 2.05) is 37.3 Å². The van der Waals surface area contributed by atoms with Crippen molar-refractivity contribution in [1.29, 1.82) is 0 Å². The molecule has 0 saturated carbocycles. The van der Waals surface area contributed by atoms with Gasteiger partial charge in [-0.3, -0.25) is 9.20 Å². The molecule has 3 N–H and O–H groups in total. The Morgan fingerprint density at radius 2 is 2.04 bits per heavy atom. The van der Waals surface area contributed by atoms with Crippen molar-refractivity contribution in [3.05, 3.63) is 70.1 Å². The van der Waals surface area contributed by atoms with Gasteiger partial charge >= 0.3 is 6.03 Å². The molecule has 126 valence electrons. The summed E-state index contributed by atoms with van der Waals surface area (Å²) in [5.74, 6) is 0. The second-order valence-electron chi connectivity index (χ2n) is 5.21. The standard InChI is InChI=1S/C17H15N5O2S/c1-11-5-7-12(8-6-11)25-15-13(10-19-21-17(18)24)16(23)22-9-3-2-4-14(22)20-15/h2-10H,1H3,(H3,18,21,24)/b19-10+. The van der Waals surface area contributed by atoms with Gasteiger partial charge < -0.3 is 5.73 Å². The molecule has 0 spiro atoms. The zero-order valence-electron chi connectivity index (χ0n) is 13.3. The van der Waals surface area contributed by atoms with Crippen LogP contribution in [0.15, 0.2) is 68.5 Å². The molecule has 7 nitrogen and oxygen atoms in total. The number of nitrogens with one attached hydrogen (secondary N) is 1. The second-order valence-corrected chi connectivity index (χ2v) is 6.28. The molecule has 2 amide bonds. The number of rotatable bonds is 4. The number of pyridine rings is 1. The first-order chi connectivity index (χ1) is 12.0. The van der Waals surface area contributed by atoms with Crippen LogP contribution < -0.4 is 16.7 Å². The molecule has 3 rings (SSSR count). The van der Waals surface area contributed by atoms with Crippen LogP contribution in [0.1, 0.15) is 11.1 Å².